The highest BCUT2D eigenvalue weighted by Crippen LogP contribution is 2.61. The Bertz CT molecular complexity index is 918. The van der Waals surface area contributed by atoms with Crippen LogP contribution < -0.4 is 9.47 Å². The lowest BCUT2D eigenvalue weighted by molar-refractivity contribution is 0.100. The molecule has 3 aliphatic carbocycles. The summed E-state index contributed by atoms with van der Waals surface area (Å²) in [4.78, 5) is 0. The highest BCUT2D eigenvalue weighted by molar-refractivity contribution is 5.46. The van der Waals surface area contributed by atoms with Crippen molar-refractivity contribution in [2.24, 2.45) is 18.9 Å². The Kier molecular flexibility index (Phi) is 4.64. The molecule has 0 aliphatic heterocycles. The maximum Gasteiger partial charge on any atom is 0.236 e. The first-order valence-electron chi connectivity index (χ1n) is 11.4. The van der Waals surface area contributed by atoms with Gasteiger partial charge in [0.15, 0.2) is 0 Å². The maximum absolute atomic E-state index is 5.98. The van der Waals surface area contributed by atoms with Crippen molar-refractivity contribution in [3.05, 3.63) is 40.6 Å². The van der Waals surface area contributed by atoms with Gasteiger partial charge in [0.2, 0.25) is 5.88 Å². The van der Waals surface area contributed by atoms with Gasteiger partial charge < -0.3 is 9.47 Å². The molecule has 0 amide bonds. The van der Waals surface area contributed by atoms with E-state index in [9.17, 15) is 0 Å². The van der Waals surface area contributed by atoms with Crippen molar-refractivity contribution < 1.29 is 9.47 Å². The van der Waals surface area contributed by atoms with Gasteiger partial charge in [-0.05, 0) is 79.5 Å². The van der Waals surface area contributed by atoms with Crippen LogP contribution in [0.25, 0.3) is 0 Å². The van der Waals surface area contributed by atoms with E-state index in [4.69, 9.17) is 9.47 Å². The molecule has 1 aromatic carbocycles. The Morgan fingerprint density at radius 1 is 1.28 bits per heavy atom. The summed E-state index contributed by atoms with van der Waals surface area (Å²) in [7, 11) is 3.85. The molecule has 1 saturated carbocycles. The molecule has 1 aromatic heterocycles. The molecule has 3 aliphatic rings. The molecule has 0 saturated heterocycles. The number of aromatic nitrogens is 2. The Balaban J connectivity index is 1.42. The van der Waals surface area contributed by atoms with Gasteiger partial charge in [-0.1, -0.05) is 26.3 Å². The van der Waals surface area contributed by atoms with Crippen LogP contribution in [0.1, 0.15) is 74.3 Å². The van der Waals surface area contributed by atoms with Crippen molar-refractivity contribution in [3.8, 4) is 11.6 Å². The highest BCUT2D eigenvalue weighted by atomic mass is 16.5. The number of unbranched alkanes of at least 4 members (excludes halogenated alkanes) is 1. The van der Waals surface area contributed by atoms with Crippen LogP contribution in [-0.4, -0.2) is 23.5 Å². The zero-order chi connectivity index (χ0) is 20.2. The number of rotatable bonds is 5. The van der Waals surface area contributed by atoms with Crippen LogP contribution in [0.3, 0.4) is 0 Å². The lowest BCUT2D eigenvalue weighted by Gasteiger charge is -2.49. The van der Waals surface area contributed by atoms with Crippen LogP contribution in [-0.2, 0) is 25.3 Å². The zero-order valence-corrected chi connectivity index (χ0v) is 18.3. The minimum Gasteiger partial charge on any atom is -0.494 e. The molecule has 4 heteroatoms. The normalized spacial score (nSPS) is 29.6. The van der Waals surface area contributed by atoms with Crippen LogP contribution in [0.5, 0.6) is 11.6 Å². The topological polar surface area (TPSA) is 36.3 Å². The monoisotopic (exact) mass is 394 g/mol. The quantitative estimate of drug-likeness (QED) is 0.656. The first-order chi connectivity index (χ1) is 14.1. The van der Waals surface area contributed by atoms with Crippen LogP contribution >= 0.6 is 0 Å². The predicted molar refractivity (Wildman–Crippen MR) is 115 cm³/mol. The first-order valence-corrected chi connectivity index (χ1v) is 11.4. The summed E-state index contributed by atoms with van der Waals surface area (Å²) < 4.78 is 13.7. The Labute approximate surface area is 174 Å². The molecule has 1 fully saturated rings. The van der Waals surface area contributed by atoms with E-state index in [0.29, 0.717) is 11.8 Å². The smallest absolute Gasteiger partial charge is 0.236 e. The van der Waals surface area contributed by atoms with Gasteiger partial charge >= 0.3 is 0 Å². The highest BCUT2D eigenvalue weighted by Gasteiger charge is 2.55. The third kappa shape index (κ3) is 2.82. The van der Waals surface area contributed by atoms with Gasteiger partial charge in [-0.2, -0.15) is 0 Å². The van der Waals surface area contributed by atoms with E-state index in [2.05, 4.69) is 48.9 Å². The second kappa shape index (κ2) is 7.07. The maximum atomic E-state index is 5.98. The minimum atomic E-state index is 0.232. The summed E-state index contributed by atoms with van der Waals surface area (Å²) in [5.74, 6) is 4.04. The fraction of sp³-hybridized carbons (Fsp3) is 0.640. The molecule has 2 aromatic rings. The molecule has 0 N–H and O–H groups in total. The number of methoxy groups -OCH3 is 1. The summed E-state index contributed by atoms with van der Waals surface area (Å²) in [6.07, 6.45) is 8.41. The molecule has 0 spiro atoms. The number of aryl methyl sites for hydroxylation is 2. The van der Waals surface area contributed by atoms with Crippen molar-refractivity contribution in [2.75, 3.05) is 13.7 Å². The molecule has 0 radical (unpaired) electrons. The number of benzene rings is 1. The first kappa shape index (κ1) is 19.0. The standard InChI is InChI=1S/C25H34N2O2/c1-5-6-13-29-17-8-10-18-16(14-17)7-9-20-19(18)11-12-25(2)22(20)15-21-23(25)27(3)26-24(21)28-4/h8,10,14,19-20,22H,5-7,9,11-13,15H2,1-4H3/t19?,20?,22?,25-/m0/s1. The predicted octanol–water partition coefficient (Wildman–Crippen LogP) is 5.18. The molecular weight excluding hydrogens is 360 g/mol. The average Bonchev–Trinajstić information content (AvgIpc) is 3.22. The number of hydrogen-bond donors (Lipinski definition) is 0. The van der Waals surface area contributed by atoms with Crippen molar-refractivity contribution in [3.63, 3.8) is 0 Å². The molecule has 4 atom stereocenters. The van der Waals surface area contributed by atoms with Crippen molar-refractivity contribution in [1.29, 1.82) is 0 Å². The summed E-state index contributed by atoms with van der Waals surface area (Å²) in [5.41, 5.74) is 6.15. The molecule has 156 valence electrons. The van der Waals surface area contributed by atoms with E-state index in [0.717, 1.165) is 37.0 Å². The fourth-order valence-corrected chi connectivity index (χ4v) is 6.80. The van der Waals surface area contributed by atoms with Gasteiger partial charge in [-0.15, -0.1) is 5.10 Å². The number of hydrogen-bond acceptors (Lipinski definition) is 3. The second-order valence-electron chi connectivity index (χ2n) is 9.60. The van der Waals surface area contributed by atoms with Crippen molar-refractivity contribution >= 4 is 0 Å². The Morgan fingerprint density at radius 2 is 2.14 bits per heavy atom. The van der Waals surface area contributed by atoms with Gasteiger partial charge in [0.1, 0.15) is 5.75 Å². The molecule has 0 bridgehead atoms. The third-order valence-corrected chi connectivity index (χ3v) is 8.12. The van der Waals surface area contributed by atoms with E-state index in [1.807, 2.05) is 0 Å². The third-order valence-electron chi connectivity index (χ3n) is 8.12. The van der Waals surface area contributed by atoms with E-state index in [1.54, 1.807) is 12.7 Å². The van der Waals surface area contributed by atoms with Crippen LogP contribution in [0.2, 0.25) is 0 Å². The van der Waals surface area contributed by atoms with E-state index in [1.165, 1.54) is 48.9 Å². The molecule has 4 nitrogen and oxygen atoms in total. The SMILES string of the molecule is CCCCOc1ccc2c(c1)CCC1C2CC[C@]2(C)c3c(c(OC)nn3C)CC12. The zero-order valence-electron chi connectivity index (χ0n) is 18.3. The molecule has 3 unspecified atom stereocenters. The van der Waals surface area contributed by atoms with Crippen LogP contribution in [0, 0.1) is 11.8 Å². The van der Waals surface area contributed by atoms with Crippen LogP contribution in [0.15, 0.2) is 18.2 Å². The summed E-state index contributed by atoms with van der Waals surface area (Å²) >= 11 is 0. The van der Waals surface area contributed by atoms with E-state index >= 15 is 0 Å². The fourth-order valence-electron chi connectivity index (χ4n) is 6.80. The van der Waals surface area contributed by atoms with Crippen LogP contribution in [0.4, 0.5) is 0 Å². The number of fused-ring (bicyclic) bond motifs is 7. The van der Waals surface area contributed by atoms with Crippen molar-refractivity contribution in [2.45, 2.75) is 70.1 Å². The summed E-state index contributed by atoms with van der Waals surface area (Å²) in [5, 5.41) is 4.65. The molecule has 5 rings (SSSR count). The van der Waals surface area contributed by atoms with Gasteiger partial charge in [0, 0.05) is 18.0 Å². The van der Waals surface area contributed by atoms with Gasteiger partial charge in [0.05, 0.1) is 19.4 Å². The van der Waals surface area contributed by atoms with Gasteiger partial charge in [0.25, 0.3) is 0 Å². The molecule has 29 heavy (non-hydrogen) atoms. The summed E-state index contributed by atoms with van der Waals surface area (Å²) in [6, 6.07) is 6.91. The lowest BCUT2D eigenvalue weighted by atomic mass is 9.55. The Hall–Kier alpha value is -1.97. The van der Waals surface area contributed by atoms with Crippen molar-refractivity contribution in [1.82, 2.24) is 9.78 Å². The summed E-state index contributed by atoms with van der Waals surface area (Å²) in [6.45, 7) is 5.52. The average molecular weight is 395 g/mol. The lowest BCUT2D eigenvalue weighted by Crippen LogP contribution is -2.44. The number of ether oxygens (including phenoxy) is 2. The van der Waals surface area contributed by atoms with Gasteiger partial charge in [-0.25, -0.2) is 0 Å². The van der Waals surface area contributed by atoms with Gasteiger partial charge in [-0.3, -0.25) is 4.68 Å². The Morgan fingerprint density at radius 3 is 2.93 bits per heavy atom. The van der Waals surface area contributed by atoms with E-state index < -0.39 is 0 Å². The van der Waals surface area contributed by atoms with E-state index in [-0.39, 0.29) is 5.41 Å². The second-order valence-corrected chi connectivity index (χ2v) is 9.60. The molecule has 1 heterocycles. The molecular formula is C25H34N2O2. The minimum absolute atomic E-state index is 0.232. The largest absolute Gasteiger partial charge is 0.494 e. The number of nitrogens with zero attached hydrogens (tertiary/aromatic N) is 2.